The quantitative estimate of drug-likeness (QED) is 0.786. The molecule has 0 aliphatic carbocycles. The third-order valence-corrected chi connectivity index (χ3v) is 2.70. The molecule has 0 spiro atoms. The first kappa shape index (κ1) is 12.2. The van der Waals surface area contributed by atoms with Gasteiger partial charge in [0.2, 0.25) is 0 Å². The lowest BCUT2D eigenvalue weighted by molar-refractivity contribution is 0.0689. The monoisotopic (exact) mass is 264 g/mol. The highest BCUT2D eigenvalue weighted by molar-refractivity contribution is 7.99. The van der Waals surface area contributed by atoms with Crippen LogP contribution in [-0.4, -0.2) is 31.0 Å². The molecule has 0 aromatic carbocycles. The number of carboxylic acids is 1. The van der Waals surface area contributed by atoms with E-state index < -0.39 is 5.97 Å². The van der Waals surface area contributed by atoms with Crippen molar-refractivity contribution >= 4 is 17.7 Å². The minimum absolute atomic E-state index is 0.134. The molecule has 0 fully saturated rings. The van der Waals surface area contributed by atoms with Crippen LogP contribution < -0.4 is 5.56 Å². The van der Waals surface area contributed by atoms with E-state index in [1.165, 1.54) is 12.3 Å². The zero-order chi connectivity index (χ0) is 13.1. The SMILES string of the molecule is Cc1cc(=O)[nH]c(Sc2cnc(C(=O)O)cn2)n1. The normalized spacial score (nSPS) is 10.3. The first-order valence-corrected chi connectivity index (χ1v) is 5.67. The molecule has 0 saturated heterocycles. The summed E-state index contributed by atoms with van der Waals surface area (Å²) in [5.41, 5.74) is 0.210. The molecule has 2 N–H and O–H groups in total. The second kappa shape index (κ2) is 4.96. The number of aryl methyl sites for hydroxylation is 1. The summed E-state index contributed by atoms with van der Waals surface area (Å²) in [4.78, 5) is 36.1. The van der Waals surface area contributed by atoms with E-state index in [2.05, 4.69) is 19.9 Å². The number of aromatic carboxylic acids is 1. The Hall–Kier alpha value is -2.22. The summed E-state index contributed by atoms with van der Waals surface area (Å²) in [5, 5.41) is 9.51. The molecule has 2 heterocycles. The molecule has 2 aromatic heterocycles. The fraction of sp³-hybridized carbons (Fsp3) is 0.100. The second-order valence-electron chi connectivity index (χ2n) is 3.34. The van der Waals surface area contributed by atoms with Crippen molar-refractivity contribution in [1.29, 1.82) is 0 Å². The zero-order valence-electron chi connectivity index (χ0n) is 9.25. The first-order chi connectivity index (χ1) is 8.54. The third kappa shape index (κ3) is 2.92. The topological polar surface area (TPSA) is 109 Å². The third-order valence-electron chi connectivity index (χ3n) is 1.90. The molecule has 0 aliphatic rings. The van der Waals surface area contributed by atoms with Crippen LogP contribution >= 0.6 is 11.8 Å². The molecule has 8 heteroatoms. The fourth-order valence-electron chi connectivity index (χ4n) is 1.18. The van der Waals surface area contributed by atoms with Crippen LogP contribution in [-0.2, 0) is 0 Å². The predicted molar refractivity (Wildman–Crippen MR) is 62.7 cm³/mol. The molecule has 0 unspecified atom stereocenters. The first-order valence-electron chi connectivity index (χ1n) is 4.86. The van der Waals surface area contributed by atoms with E-state index in [-0.39, 0.29) is 11.3 Å². The average molecular weight is 264 g/mol. The lowest BCUT2D eigenvalue weighted by Crippen LogP contribution is -2.08. The van der Waals surface area contributed by atoms with Crippen molar-refractivity contribution in [2.24, 2.45) is 0 Å². The Morgan fingerprint density at radius 1 is 1.39 bits per heavy atom. The van der Waals surface area contributed by atoms with E-state index >= 15 is 0 Å². The summed E-state index contributed by atoms with van der Waals surface area (Å²) in [5.74, 6) is -1.14. The lowest BCUT2D eigenvalue weighted by atomic mass is 10.5. The number of nitrogens with zero attached hydrogens (tertiary/aromatic N) is 3. The predicted octanol–water partition coefficient (Wildman–Crippen LogP) is 0.718. The Kier molecular flexibility index (Phi) is 3.38. The minimum Gasteiger partial charge on any atom is -0.476 e. The Morgan fingerprint density at radius 3 is 2.72 bits per heavy atom. The molecule has 2 aromatic rings. The molecule has 0 saturated carbocycles. The van der Waals surface area contributed by atoms with Gasteiger partial charge in [-0.15, -0.1) is 0 Å². The van der Waals surface area contributed by atoms with Gasteiger partial charge in [-0.05, 0) is 18.7 Å². The van der Waals surface area contributed by atoms with Crippen LogP contribution in [0.5, 0.6) is 0 Å². The molecule has 0 atom stereocenters. The molecule has 0 aliphatic heterocycles. The van der Waals surface area contributed by atoms with Gasteiger partial charge in [0.15, 0.2) is 10.9 Å². The van der Waals surface area contributed by atoms with E-state index in [4.69, 9.17) is 5.11 Å². The second-order valence-corrected chi connectivity index (χ2v) is 4.35. The number of H-pyrrole nitrogens is 1. The highest BCUT2D eigenvalue weighted by atomic mass is 32.2. The van der Waals surface area contributed by atoms with Crippen molar-refractivity contribution in [2.45, 2.75) is 17.1 Å². The van der Waals surface area contributed by atoms with Crippen molar-refractivity contribution in [2.75, 3.05) is 0 Å². The van der Waals surface area contributed by atoms with Gasteiger partial charge in [-0.2, -0.15) is 0 Å². The number of aromatic amines is 1. The van der Waals surface area contributed by atoms with E-state index in [9.17, 15) is 9.59 Å². The summed E-state index contributed by atoms with van der Waals surface area (Å²) >= 11 is 1.10. The van der Waals surface area contributed by atoms with Gasteiger partial charge in [-0.1, -0.05) is 0 Å². The van der Waals surface area contributed by atoms with Gasteiger partial charge < -0.3 is 10.1 Å². The van der Waals surface area contributed by atoms with Crippen molar-refractivity contribution in [3.63, 3.8) is 0 Å². The highest BCUT2D eigenvalue weighted by Gasteiger charge is 2.07. The number of hydrogen-bond acceptors (Lipinski definition) is 6. The van der Waals surface area contributed by atoms with Crippen molar-refractivity contribution < 1.29 is 9.90 Å². The maximum Gasteiger partial charge on any atom is 0.356 e. The Balaban J connectivity index is 2.23. The molecule has 0 amide bonds. The molecular formula is C10H8N4O3S. The molecule has 7 nitrogen and oxygen atoms in total. The van der Waals surface area contributed by atoms with Crippen molar-refractivity contribution in [1.82, 2.24) is 19.9 Å². The van der Waals surface area contributed by atoms with Gasteiger partial charge in [0.1, 0.15) is 5.03 Å². The van der Waals surface area contributed by atoms with Gasteiger partial charge in [0.05, 0.1) is 12.4 Å². The maximum absolute atomic E-state index is 11.2. The van der Waals surface area contributed by atoms with Crippen molar-refractivity contribution in [3.8, 4) is 0 Å². The molecule has 18 heavy (non-hydrogen) atoms. The summed E-state index contributed by atoms with van der Waals surface area (Å²) in [7, 11) is 0. The Labute approximate surface area is 105 Å². The molecular weight excluding hydrogens is 256 g/mol. The number of hydrogen-bond donors (Lipinski definition) is 2. The van der Waals surface area contributed by atoms with Gasteiger partial charge in [-0.25, -0.2) is 19.7 Å². The van der Waals surface area contributed by atoms with Crippen LogP contribution in [0.25, 0.3) is 0 Å². The summed E-state index contributed by atoms with van der Waals surface area (Å²) in [6.07, 6.45) is 2.47. The molecule has 92 valence electrons. The number of carboxylic acid groups (broad SMARTS) is 1. The van der Waals surface area contributed by atoms with Crippen LogP contribution in [0.15, 0.2) is 33.4 Å². The fourth-order valence-corrected chi connectivity index (χ4v) is 1.93. The van der Waals surface area contributed by atoms with Crippen LogP contribution in [0.3, 0.4) is 0 Å². The highest BCUT2D eigenvalue weighted by Crippen LogP contribution is 2.20. The maximum atomic E-state index is 11.2. The number of rotatable bonds is 3. The minimum atomic E-state index is -1.14. The van der Waals surface area contributed by atoms with Crippen LogP contribution in [0.2, 0.25) is 0 Å². The number of aromatic nitrogens is 4. The van der Waals surface area contributed by atoms with Crippen molar-refractivity contribution in [3.05, 3.63) is 40.2 Å². The average Bonchev–Trinajstić information content (AvgIpc) is 2.28. The molecule has 0 bridgehead atoms. The van der Waals surface area contributed by atoms with Crippen LogP contribution in [0.4, 0.5) is 0 Å². The van der Waals surface area contributed by atoms with E-state index in [1.807, 2.05) is 0 Å². The lowest BCUT2D eigenvalue weighted by Gasteiger charge is -2.00. The Morgan fingerprint density at radius 2 is 2.17 bits per heavy atom. The van der Waals surface area contributed by atoms with Gasteiger partial charge in [-0.3, -0.25) is 4.79 Å². The summed E-state index contributed by atoms with van der Waals surface area (Å²) in [6.45, 7) is 1.71. The molecule has 2 rings (SSSR count). The van der Waals surface area contributed by atoms with Crippen LogP contribution in [0.1, 0.15) is 16.2 Å². The largest absolute Gasteiger partial charge is 0.476 e. The Bertz CT molecular complexity index is 638. The standard InChI is InChI=1S/C10H8N4O3S/c1-5-2-7(15)14-10(13-5)18-8-4-11-6(3-12-8)9(16)17/h2-4H,1H3,(H,16,17)(H,13,14,15). The molecule has 0 radical (unpaired) electrons. The van der Waals surface area contributed by atoms with E-state index in [0.29, 0.717) is 15.9 Å². The summed E-state index contributed by atoms with van der Waals surface area (Å²) < 4.78 is 0. The zero-order valence-corrected chi connectivity index (χ0v) is 10.1. The number of nitrogens with one attached hydrogen (secondary N) is 1. The van der Waals surface area contributed by atoms with Crippen LogP contribution in [0, 0.1) is 6.92 Å². The summed E-state index contributed by atoms with van der Waals surface area (Å²) in [6, 6.07) is 1.38. The van der Waals surface area contributed by atoms with E-state index in [0.717, 1.165) is 18.0 Å². The number of carbonyl (C=O) groups is 1. The van der Waals surface area contributed by atoms with Gasteiger partial charge in [0, 0.05) is 11.8 Å². The van der Waals surface area contributed by atoms with E-state index in [1.54, 1.807) is 6.92 Å². The smallest absolute Gasteiger partial charge is 0.356 e. The van der Waals surface area contributed by atoms with Gasteiger partial charge >= 0.3 is 5.97 Å². The van der Waals surface area contributed by atoms with Gasteiger partial charge in [0.25, 0.3) is 5.56 Å².